The number of rotatable bonds is 1. The normalized spacial score (nSPS) is 10.1. The van der Waals surface area contributed by atoms with Crippen molar-refractivity contribution in [2.45, 2.75) is 11.8 Å². The second-order valence-corrected chi connectivity index (χ2v) is 3.06. The van der Waals surface area contributed by atoms with E-state index in [2.05, 4.69) is 0 Å². The lowest BCUT2D eigenvalue weighted by Gasteiger charge is -2.04. The number of phenolic OH excluding ortho intramolecular Hbond substituents is 1. The first-order chi connectivity index (χ1) is 5.16. The molecule has 0 aliphatic heterocycles. The fourth-order valence-electron chi connectivity index (χ4n) is 0.839. The average Bonchev–Trinajstić information content (AvgIpc) is 1.99. The molecule has 0 aliphatic carbocycles. The molecule has 1 rings (SSSR count). The molecule has 0 heterocycles. The Labute approximate surface area is 69.2 Å². The van der Waals surface area contributed by atoms with Crippen LogP contribution in [0.2, 0.25) is 0 Å². The molecule has 0 aromatic heterocycles. The molecule has 0 saturated carbocycles. The molecule has 3 heteroatoms. The Morgan fingerprint density at radius 2 is 2.09 bits per heavy atom. The molecule has 0 spiro atoms. The number of aryl methyl sites for hydroxylation is 1. The van der Waals surface area contributed by atoms with Crippen molar-refractivity contribution in [2.24, 2.45) is 0 Å². The van der Waals surface area contributed by atoms with E-state index in [9.17, 15) is 9.50 Å². The number of aromatic hydroxyl groups is 1. The molecule has 0 fully saturated rings. The summed E-state index contributed by atoms with van der Waals surface area (Å²) in [4.78, 5) is 0.324. The number of thioether (sulfide) groups is 1. The van der Waals surface area contributed by atoms with Crippen LogP contribution in [-0.4, -0.2) is 11.4 Å². The molecule has 0 radical (unpaired) electrons. The fourth-order valence-corrected chi connectivity index (χ4v) is 1.46. The summed E-state index contributed by atoms with van der Waals surface area (Å²) in [5.74, 6) is -0.307. The highest BCUT2D eigenvalue weighted by Crippen LogP contribution is 2.31. The summed E-state index contributed by atoms with van der Waals surface area (Å²) < 4.78 is 12.8. The molecule has 0 unspecified atom stereocenters. The van der Waals surface area contributed by atoms with Gasteiger partial charge in [0.15, 0.2) is 0 Å². The molecule has 0 saturated heterocycles. The van der Waals surface area contributed by atoms with E-state index in [0.29, 0.717) is 10.5 Å². The van der Waals surface area contributed by atoms with E-state index in [0.717, 1.165) is 0 Å². The third-order valence-corrected chi connectivity index (χ3v) is 2.29. The van der Waals surface area contributed by atoms with Gasteiger partial charge in [-0.1, -0.05) is 6.07 Å². The van der Waals surface area contributed by atoms with Gasteiger partial charge in [-0.15, -0.1) is 11.8 Å². The Morgan fingerprint density at radius 3 is 2.55 bits per heavy atom. The van der Waals surface area contributed by atoms with Gasteiger partial charge in [0, 0.05) is 0 Å². The molecular weight excluding hydrogens is 163 g/mol. The summed E-state index contributed by atoms with van der Waals surface area (Å²) in [7, 11) is 0. The van der Waals surface area contributed by atoms with Crippen LogP contribution in [0, 0.1) is 12.7 Å². The van der Waals surface area contributed by atoms with E-state index in [1.54, 1.807) is 19.2 Å². The van der Waals surface area contributed by atoms with Crippen LogP contribution in [0.3, 0.4) is 0 Å². The molecule has 0 aliphatic rings. The van der Waals surface area contributed by atoms with Gasteiger partial charge in [0.1, 0.15) is 11.6 Å². The first-order valence-electron chi connectivity index (χ1n) is 3.19. The molecule has 1 nitrogen and oxygen atoms in total. The van der Waals surface area contributed by atoms with Gasteiger partial charge in [-0.2, -0.15) is 0 Å². The van der Waals surface area contributed by atoms with E-state index in [-0.39, 0.29) is 11.6 Å². The van der Waals surface area contributed by atoms with Crippen LogP contribution in [0.4, 0.5) is 4.39 Å². The molecular formula is C8H9FOS. The Kier molecular flexibility index (Phi) is 2.39. The van der Waals surface area contributed by atoms with E-state index < -0.39 is 0 Å². The summed E-state index contributed by atoms with van der Waals surface area (Å²) in [5.41, 5.74) is 0.704. The van der Waals surface area contributed by atoms with Crippen LogP contribution in [0.25, 0.3) is 0 Å². The molecule has 60 valence electrons. The van der Waals surface area contributed by atoms with E-state index in [1.165, 1.54) is 17.8 Å². The first-order valence-corrected chi connectivity index (χ1v) is 4.41. The third-order valence-electron chi connectivity index (χ3n) is 1.49. The van der Waals surface area contributed by atoms with Crippen molar-refractivity contribution in [3.63, 3.8) is 0 Å². The molecule has 0 atom stereocenters. The van der Waals surface area contributed by atoms with E-state index in [1.807, 2.05) is 0 Å². The van der Waals surface area contributed by atoms with Gasteiger partial charge in [-0.05, 0) is 24.8 Å². The van der Waals surface area contributed by atoms with Crippen molar-refractivity contribution in [3.05, 3.63) is 23.5 Å². The van der Waals surface area contributed by atoms with E-state index >= 15 is 0 Å². The molecule has 1 aromatic rings. The predicted molar refractivity (Wildman–Crippen MR) is 44.6 cm³/mol. The molecule has 0 bridgehead atoms. The standard InChI is InChI=1S/C8H9FOS/c1-5-3-4-6(9)8(11-2)7(5)10/h3-4,10H,1-2H3. The van der Waals surface area contributed by atoms with Gasteiger partial charge in [-0.3, -0.25) is 0 Å². The quantitative estimate of drug-likeness (QED) is 0.657. The highest BCUT2D eigenvalue weighted by Gasteiger charge is 2.07. The summed E-state index contributed by atoms with van der Waals surface area (Å²) >= 11 is 1.21. The number of benzene rings is 1. The Hall–Kier alpha value is -0.700. The van der Waals surface area contributed by atoms with Crippen LogP contribution in [0.15, 0.2) is 17.0 Å². The largest absolute Gasteiger partial charge is 0.506 e. The monoisotopic (exact) mass is 172 g/mol. The van der Waals surface area contributed by atoms with Gasteiger partial charge in [0.05, 0.1) is 4.90 Å². The summed E-state index contributed by atoms with van der Waals surface area (Å²) in [5, 5.41) is 9.32. The zero-order valence-electron chi connectivity index (χ0n) is 6.39. The first kappa shape index (κ1) is 8.40. The van der Waals surface area contributed by atoms with Gasteiger partial charge < -0.3 is 5.11 Å². The minimum absolute atomic E-state index is 0.0532. The maximum atomic E-state index is 12.8. The predicted octanol–water partition coefficient (Wildman–Crippen LogP) is 2.56. The molecule has 0 amide bonds. The van der Waals surface area contributed by atoms with Gasteiger partial charge in [0.25, 0.3) is 0 Å². The zero-order valence-corrected chi connectivity index (χ0v) is 7.20. The van der Waals surface area contributed by atoms with Crippen LogP contribution in [0.1, 0.15) is 5.56 Å². The average molecular weight is 172 g/mol. The van der Waals surface area contributed by atoms with Gasteiger partial charge in [-0.25, -0.2) is 4.39 Å². The molecule has 1 aromatic carbocycles. The number of hydrogen-bond acceptors (Lipinski definition) is 2. The minimum atomic E-state index is -0.361. The topological polar surface area (TPSA) is 20.2 Å². The Balaban J connectivity index is 3.29. The fraction of sp³-hybridized carbons (Fsp3) is 0.250. The van der Waals surface area contributed by atoms with Gasteiger partial charge in [0.2, 0.25) is 0 Å². The highest BCUT2D eigenvalue weighted by atomic mass is 32.2. The van der Waals surface area contributed by atoms with Crippen molar-refractivity contribution >= 4 is 11.8 Å². The minimum Gasteiger partial charge on any atom is -0.506 e. The summed E-state index contributed by atoms with van der Waals surface area (Å²) in [6, 6.07) is 2.92. The second-order valence-electron chi connectivity index (χ2n) is 2.25. The SMILES string of the molecule is CSc1c(F)ccc(C)c1O. The third kappa shape index (κ3) is 1.48. The van der Waals surface area contributed by atoms with Crippen molar-refractivity contribution < 1.29 is 9.50 Å². The highest BCUT2D eigenvalue weighted by molar-refractivity contribution is 7.98. The Morgan fingerprint density at radius 1 is 1.45 bits per heavy atom. The maximum absolute atomic E-state index is 12.8. The zero-order chi connectivity index (χ0) is 8.43. The Bertz CT molecular complexity index is 273. The van der Waals surface area contributed by atoms with Crippen molar-refractivity contribution in [2.75, 3.05) is 6.26 Å². The molecule has 11 heavy (non-hydrogen) atoms. The van der Waals surface area contributed by atoms with Crippen molar-refractivity contribution in [1.29, 1.82) is 0 Å². The van der Waals surface area contributed by atoms with Crippen LogP contribution >= 0.6 is 11.8 Å². The van der Waals surface area contributed by atoms with Crippen molar-refractivity contribution in [1.82, 2.24) is 0 Å². The van der Waals surface area contributed by atoms with E-state index in [4.69, 9.17) is 0 Å². The van der Waals surface area contributed by atoms with Crippen LogP contribution in [0.5, 0.6) is 5.75 Å². The number of phenols is 1. The summed E-state index contributed by atoms with van der Waals surface area (Å²) in [6.45, 7) is 1.74. The molecule has 1 N–H and O–H groups in total. The van der Waals surface area contributed by atoms with Crippen molar-refractivity contribution in [3.8, 4) is 5.75 Å². The van der Waals surface area contributed by atoms with Gasteiger partial charge >= 0.3 is 0 Å². The number of halogens is 1. The number of hydrogen-bond donors (Lipinski definition) is 1. The maximum Gasteiger partial charge on any atom is 0.140 e. The lowest BCUT2D eigenvalue weighted by Crippen LogP contribution is -1.83. The summed E-state index contributed by atoms with van der Waals surface area (Å²) in [6.07, 6.45) is 1.73. The lowest BCUT2D eigenvalue weighted by atomic mass is 10.2. The van der Waals surface area contributed by atoms with Crippen LogP contribution in [-0.2, 0) is 0 Å². The lowest BCUT2D eigenvalue weighted by molar-refractivity contribution is 0.445. The smallest absolute Gasteiger partial charge is 0.140 e. The van der Waals surface area contributed by atoms with Crippen LogP contribution < -0.4 is 0 Å². The second kappa shape index (κ2) is 3.13.